The molecule has 6 nitrogen and oxygen atoms in total. The molecular formula is C23H32N2O4. The number of aryl methyl sites for hydroxylation is 2. The first-order valence-corrected chi connectivity index (χ1v) is 10.6. The number of anilines is 1. The Morgan fingerprint density at radius 1 is 1.10 bits per heavy atom. The quantitative estimate of drug-likeness (QED) is 0.787. The van der Waals surface area contributed by atoms with Crippen molar-refractivity contribution in [3.05, 3.63) is 29.3 Å². The molecule has 0 bridgehead atoms. The number of carbonyl (C=O) groups excluding carboxylic acids is 3. The molecule has 1 aromatic carbocycles. The molecule has 6 heteroatoms. The summed E-state index contributed by atoms with van der Waals surface area (Å²) in [5, 5.41) is 2.85. The third-order valence-electron chi connectivity index (χ3n) is 5.79. The average molecular weight is 401 g/mol. The third-order valence-corrected chi connectivity index (χ3v) is 5.79. The van der Waals surface area contributed by atoms with Crippen LogP contribution in [0.4, 0.5) is 5.69 Å². The second-order valence-electron chi connectivity index (χ2n) is 9.22. The number of nitrogens with one attached hydrogen (secondary N) is 1. The van der Waals surface area contributed by atoms with Gasteiger partial charge in [0.1, 0.15) is 0 Å². The summed E-state index contributed by atoms with van der Waals surface area (Å²) in [6.45, 7) is 8.39. The van der Waals surface area contributed by atoms with Gasteiger partial charge >= 0.3 is 5.97 Å². The highest BCUT2D eigenvalue weighted by atomic mass is 16.5. The number of likely N-dealkylation sites (tertiary alicyclic amines) is 1. The number of hydrogen-bond acceptors (Lipinski definition) is 4. The molecule has 29 heavy (non-hydrogen) atoms. The Bertz CT molecular complexity index is 789. The Balaban J connectivity index is 1.48. The first kappa shape index (κ1) is 21.3. The number of carbonyl (C=O) groups is 3. The number of nitrogens with zero attached hydrogens (tertiary/aromatic N) is 1. The molecule has 2 amide bonds. The molecule has 3 rings (SSSR count). The number of rotatable bonds is 4. The van der Waals surface area contributed by atoms with Crippen molar-refractivity contribution in [1.29, 1.82) is 0 Å². The Morgan fingerprint density at radius 3 is 2.41 bits per heavy atom. The lowest BCUT2D eigenvalue weighted by Crippen LogP contribution is -2.45. The molecule has 0 spiro atoms. The van der Waals surface area contributed by atoms with Crippen LogP contribution in [0.5, 0.6) is 0 Å². The molecule has 1 heterocycles. The van der Waals surface area contributed by atoms with E-state index in [9.17, 15) is 14.4 Å². The highest BCUT2D eigenvalue weighted by Crippen LogP contribution is 2.26. The van der Waals surface area contributed by atoms with E-state index in [0.29, 0.717) is 25.9 Å². The van der Waals surface area contributed by atoms with E-state index in [1.165, 1.54) is 11.1 Å². The van der Waals surface area contributed by atoms with Crippen molar-refractivity contribution in [3.63, 3.8) is 0 Å². The number of ether oxygens (including phenoxy) is 1. The second-order valence-corrected chi connectivity index (χ2v) is 9.22. The molecule has 0 aromatic heterocycles. The summed E-state index contributed by atoms with van der Waals surface area (Å²) in [5.41, 5.74) is 2.95. The summed E-state index contributed by atoms with van der Waals surface area (Å²) in [6, 6.07) is 5.97. The summed E-state index contributed by atoms with van der Waals surface area (Å²) >= 11 is 0. The smallest absolute Gasteiger partial charge is 0.309 e. The molecule has 158 valence electrons. The monoisotopic (exact) mass is 400 g/mol. The van der Waals surface area contributed by atoms with Gasteiger partial charge in [0.05, 0.1) is 5.92 Å². The first-order chi connectivity index (χ1) is 13.6. The Labute approximate surface area is 173 Å². The number of amides is 2. The number of benzene rings is 1. The number of fused-ring (bicyclic) bond motifs is 1. The summed E-state index contributed by atoms with van der Waals surface area (Å²) in [4.78, 5) is 39.1. The molecule has 1 aliphatic heterocycles. The van der Waals surface area contributed by atoms with E-state index in [1.807, 2.05) is 37.8 Å². The molecule has 1 fully saturated rings. The molecule has 0 saturated carbocycles. The topological polar surface area (TPSA) is 75.7 Å². The van der Waals surface area contributed by atoms with Crippen molar-refractivity contribution in [1.82, 2.24) is 4.90 Å². The number of esters is 1. The Morgan fingerprint density at radius 2 is 1.76 bits per heavy atom. The van der Waals surface area contributed by atoms with E-state index in [1.54, 1.807) is 6.92 Å². The molecule has 1 N–H and O–H groups in total. The maximum atomic E-state index is 12.5. The first-order valence-electron chi connectivity index (χ1n) is 10.6. The maximum absolute atomic E-state index is 12.5. The van der Waals surface area contributed by atoms with Crippen molar-refractivity contribution in [2.75, 3.05) is 18.4 Å². The van der Waals surface area contributed by atoms with Crippen molar-refractivity contribution < 1.29 is 19.1 Å². The number of piperidine rings is 1. The van der Waals surface area contributed by atoms with Crippen LogP contribution in [0.3, 0.4) is 0 Å². The van der Waals surface area contributed by atoms with Crippen molar-refractivity contribution >= 4 is 23.5 Å². The second kappa shape index (κ2) is 8.56. The van der Waals surface area contributed by atoms with Gasteiger partial charge in [-0.05, 0) is 62.3 Å². The van der Waals surface area contributed by atoms with E-state index in [4.69, 9.17) is 4.74 Å². The highest BCUT2D eigenvalue weighted by molar-refractivity contribution is 5.95. The zero-order valence-electron chi connectivity index (χ0n) is 17.9. The van der Waals surface area contributed by atoms with Gasteiger partial charge in [0, 0.05) is 24.2 Å². The number of hydrogen-bond donors (Lipinski definition) is 1. The van der Waals surface area contributed by atoms with E-state index >= 15 is 0 Å². The average Bonchev–Trinajstić information content (AvgIpc) is 3.14. The summed E-state index contributed by atoms with van der Waals surface area (Å²) in [5.74, 6) is -0.846. The minimum atomic E-state index is -0.856. The summed E-state index contributed by atoms with van der Waals surface area (Å²) < 4.78 is 5.43. The summed E-state index contributed by atoms with van der Waals surface area (Å²) in [7, 11) is 0. The van der Waals surface area contributed by atoms with E-state index in [2.05, 4.69) is 11.4 Å². The molecule has 0 unspecified atom stereocenters. The molecule has 1 aliphatic carbocycles. The van der Waals surface area contributed by atoms with Crippen molar-refractivity contribution in [3.8, 4) is 0 Å². The standard InChI is InChI=1S/C23H32N2O4/c1-15(20(26)24-19-9-8-16-6-5-7-18(16)14-19)29-21(27)17-10-12-25(13-11-17)22(28)23(2,3)4/h8-9,14-15,17H,5-7,10-13H2,1-4H3,(H,24,26)/t15-/m0/s1. The van der Waals surface area contributed by atoms with Crippen LogP contribution in [0.2, 0.25) is 0 Å². The van der Waals surface area contributed by atoms with Crippen LogP contribution in [0, 0.1) is 11.3 Å². The van der Waals surface area contributed by atoms with Gasteiger partial charge in [0.2, 0.25) is 5.91 Å². The molecule has 0 radical (unpaired) electrons. The van der Waals surface area contributed by atoms with Gasteiger partial charge in [-0.1, -0.05) is 26.8 Å². The van der Waals surface area contributed by atoms with Crippen LogP contribution in [0.15, 0.2) is 18.2 Å². The van der Waals surface area contributed by atoms with Crippen molar-refractivity contribution in [2.24, 2.45) is 11.3 Å². The summed E-state index contributed by atoms with van der Waals surface area (Å²) in [6.07, 6.45) is 3.57. The minimum Gasteiger partial charge on any atom is -0.452 e. The van der Waals surface area contributed by atoms with Crippen LogP contribution in [0.25, 0.3) is 0 Å². The van der Waals surface area contributed by atoms with Gasteiger partial charge in [0.25, 0.3) is 5.91 Å². The van der Waals surface area contributed by atoms with Crippen molar-refractivity contribution in [2.45, 2.75) is 65.9 Å². The SMILES string of the molecule is C[C@H](OC(=O)C1CCN(C(=O)C(C)(C)C)CC1)C(=O)Nc1ccc2c(c1)CCC2. The van der Waals surface area contributed by atoms with Gasteiger partial charge < -0.3 is 15.0 Å². The van der Waals surface area contributed by atoms with Crippen LogP contribution < -0.4 is 5.32 Å². The predicted octanol–water partition coefficient (Wildman–Crippen LogP) is 3.33. The predicted molar refractivity (Wildman–Crippen MR) is 111 cm³/mol. The van der Waals surface area contributed by atoms with Gasteiger partial charge in [-0.15, -0.1) is 0 Å². The fraction of sp³-hybridized carbons (Fsp3) is 0.609. The largest absolute Gasteiger partial charge is 0.452 e. The molecular weight excluding hydrogens is 368 g/mol. The maximum Gasteiger partial charge on any atom is 0.309 e. The lowest BCUT2D eigenvalue weighted by Gasteiger charge is -2.35. The van der Waals surface area contributed by atoms with E-state index in [-0.39, 0.29) is 23.7 Å². The van der Waals surface area contributed by atoms with E-state index in [0.717, 1.165) is 24.9 Å². The Hall–Kier alpha value is -2.37. The fourth-order valence-corrected chi connectivity index (χ4v) is 4.01. The zero-order chi connectivity index (χ0) is 21.2. The lowest BCUT2D eigenvalue weighted by molar-refractivity contribution is -0.160. The van der Waals surface area contributed by atoms with Gasteiger partial charge in [-0.25, -0.2) is 0 Å². The lowest BCUT2D eigenvalue weighted by atomic mass is 9.91. The normalized spacial score (nSPS) is 18.1. The van der Waals surface area contributed by atoms with Crippen LogP contribution in [0.1, 0.15) is 58.1 Å². The van der Waals surface area contributed by atoms with Gasteiger partial charge in [-0.2, -0.15) is 0 Å². The van der Waals surface area contributed by atoms with Gasteiger partial charge in [0.15, 0.2) is 6.10 Å². The molecule has 1 saturated heterocycles. The van der Waals surface area contributed by atoms with E-state index < -0.39 is 11.5 Å². The molecule has 1 atom stereocenters. The Kier molecular flexibility index (Phi) is 6.30. The molecule has 1 aromatic rings. The van der Waals surface area contributed by atoms with Crippen LogP contribution in [-0.2, 0) is 32.0 Å². The molecule has 2 aliphatic rings. The van der Waals surface area contributed by atoms with Gasteiger partial charge in [-0.3, -0.25) is 14.4 Å². The van der Waals surface area contributed by atoms with Crippen LogP contribution >= 0.6 is 0 Å². The third kappa shape index (κ3) is 5.17. The zero-order valence-corrected chi connectivity index (χ0v) is 17.9. The fourth-order valence-electron chi connectivity index (χ4n) is 4.01. The minimum absolute atomic E-state index is 0.103. The highest BCUT2D eigenvalue weighted by Gasteiger charge is 2.34. The van der Waals surface area contributed by atoms with Crippen LogP contribution in [-0.4, -0.2) is 41.9 Å².